The van der Waals surface area contributed by atoms with E-state index in [1.165, 1.54) is 16.0 Å². The number of hydrogen-bond donors (Lipinski definition) is 2. The molecule has 92 valence electrons. The molecular weight excluding hydrogens is 232 g/mol. The third-order valence-electron chi connectivity index (χ3n) is 2.90. The lowest BCUT2D eigenvalue weighted by Crippen LogP contribution is -2.28. The summed E-state index contributed by atoms with van der Waals surface area (Å²) < 4.78 is 1.83. The summed E-state index contributed by atoms with van der Waals surface area (Å²) in [5.41, 5.74) is 5.47. The highest BCUT2D eigenvalue weighted by Crippen LogP contribution is 2.26. The van der Waals surface area contributed by atoms with Crippen LogP contribution in [0.4, 0.5) is 0 Å². The van der Waals surface area contributed by atoms with Gasteiger partial charge in [-0.25, -0.2) is 0 Å². The minimum Gasteiger partial charge on any atom is -0.276 e. The molecule has 0 aromatic carbocycles. The Morgan fingerprint density at radius 2 is 2.41 bits per heavy atom. The fourth-order valence-electron chi connectivity index (χ4n) is 1.94. The van der Waals surface area contributed by atoms with Crippen molar-refractivity contribution < 1.29 is 0 Å². The molecule has 0 aliphatic carbocycles. The van der Waals surface area contributed by atoms with Gasteiger partial charge in [0.15, 0.2) is 0 Å². The van der Waals surface area contributed by atoms with E-state index >= 15 is 0 Å². The van der Waals surface area contributed by atoms with Gasteiger partial charge < -0.3 is 0 Å². The maximum Gasteiger partial charge on any atom is 0.0559 e. The van der Waals surface area contributed by atoms with Gasteiger partial charge >= 0.3 is 0 Å². The Morgan fingerprint density at radius 1 is 1.59 bits per heavy atom. The number of aromatic nitrogens is 2. The van der Waals surface area contributed by atoms with Gasteiger partial charge in [0.25, 0.3) is 0 Å². The standard InChI is InChI=1S/C12H18N4S/c1-9-5-6-17-12(9)11(15-13)4-3-10-7-14-16(2)8-10/h5-8,11,15H,3-4,13H2,1-2H3. The number of hydrazine groups is 1. The smallest absolute Gasteiger partial charge is 0.0559 e. The number of rotatable bonds is 5. The van der Waals surface area contributed by atoms with Gasteiger partial charge in [-0.3, -0.25) is 16.0 Å². The van der Waals surface area contributed by atoms with Gasteiger partial charge in [0.2, 0.25) is 0 Å². The van der Waals surface area contributed by atoms with Crippen LogP contribution in [0, 0.1) is 6.92 Å². The summed E-state index contributed by atoms with van der Waals surface area (Å²) in [5, 5.41) is 6.28. The number of hydrogen-bond acceptors (Lipinski definition) is 4. The number of nitrogens with one attached hydrogen (secondary N) is 1. The van der Waals surface area contributed by atoms with Crippen molar-refractivity contribution in [3.05, 3.63) is 39.8 Å². The topological polar surface area (TPSA) is 55.9 Å². The maximum absolute atomic E-state index is 5.64. The van der Waals surface area contributed by atoms with Crippen molar-refractivity contribution in [2.45, 2.75) is 25.8 Å². The van der Waals surface area contributed by atoms with Crippen LogP contribution < -0.4 is 11.3 Å². The van der Waals surface area contributed by atoms with Crippen LogP contribution in [0.5, 0.6) is 0 Å². The van der Waals surface area contributed by atoms with Crippen LogP contribution in [-0.2, 0) is 13.5 Å². The second-order valence-electron chi connectivity index (χ2n) is 4.25. The molecule has 0 spiro atoms. The molecule has 0 aliphatic heterocycles. The largest absolute Gasteiger partial charge is 0.276 e. The van der Waals surface area contributed by atoms with Crippen LogP contribution in [-0.4, -0.2) is 9.78 Å². The van der Waals surface area contributed by atoms with Crippen molar-refractivity contribution in [3.63, 3.8) is 0 Å². The molecule has 0 fully saturated rings. The molecule has 0 amide bonds. The van der Waals surface area contributed by atoms with Crippen molar-refractivity contribution in [2.24, 2.45) is 12.9 Å². The molecule has 0 bridgehead atoms. The van der Waals surface area contributed by atoms with Gasteiger partial charge in [-0.15, -0.1) is 11.3 Å². The first-order valence-electron chi connectivity index (χ1n) is 5.68. The van der Waals surface area contributed by atoms with Gasteiger partial charge in [-0.05, 0) is 42.3 Å². The summed E-state index contributed by atoms with van der Waals surface area (Å²) in [6.07, 6.45) is 5.94. The Bertz CT molecular complexity index is 474. The molecule has 5 heteroatoms. The Hall–Kier alpha value is -1.17. The summed E-state index contributed by atoms with van der Waals surface area (Å²) in [5.74, 6) is 5.64. The van der Waals surface area contributed by atoms with Gasteiger partial charge in [0.05, 0.1) is 12.2 Å². The van der Waals surface area contributed by atoms with Crippen molar-refractivity contribution in [1.82, 2.24) is 15.2 Å². The molecule has 17 heavy (non-hydrogen) atoms. The lowest BCUT2D eigenvalue weighted by molar-refractivity contribution is 0.522. The number of nitrogens with two attached hydrogens (primary N) is 1. The van der Waals surface area contributed by atoms with E-state index in [-0.39, 0.29) is 6.04 Å². The van der Waals surface area contributed by atoms with Crippen LogP contribution in [0.1, 0.15) is 28.5 Å². The Kier molecular flexibility index (Phi) is 3.93. The van der Waals surface area contributed by atoms with Gasteiger partial charge in [0.1, 0.15) is 0 Å². The number of thiophene rings is 1. The van der Waals surface area contributed by atoms with E-state index in [2.05, 4.69) is 35.1 Å². The molecule has 0 aliphatic rings. The number of nitrogens with zero attached hydrogens (tertiary/aromatic N) is 2. The van der Waals surface area contributed by atoms with Crippen LogP contribution >= 0.6 is 11.3 Å². The molecule has 4 nitrogen and oxygen atoms in total. The van der Waals surface area contributed by atoms with E-state index in [0.717, 1.165) is 12.8 Å². The zero-order chi connectivity index (χ0) is 12.3. The van der Waals surface area contributed by atoms with Crippen LogP contribution in [0.15, 0.2) is 23.8 Å². The molecule has 0 saturated carbocycles. The first kappa shape index (κ1) is 12.3. The molecule has 2 rings (SSSR count). The third kappa shape index (κ3) is 2.94. The van der Waals surface area contributed by atoms with E-state index in [1.54, 1.807) is 11.3 Å². The highest BCUT2D eigenvalue weighted by Gasteiger charge is 2.13. The normalized spacial score (nSPS) is 12.9. The second-order valence-corrected chi connectivity index (χ2v) is 5.20. The highest BCUT2D eigenvalue weighted by molar-refractivity contribution is 7.10. The Morgan fingerprint density at radius 3 is 2.94 bits per heavy atom. The van der Waals surface area contributed by atoms with E-state index in [4.69, 9.17) is 5.84 Å². The van der Waals surface area contributed by atoms with Crippen molar-refractivity contribution >= 4 is 11.3 Å². The predicted octanol–water partition coefficient (Wildman–Crippen LogP) is 1.93. The minimum absolute atomic E-state index is 0.232. The quantitative estimate of drug-likeness (QED) is 0.630. The summed E-state index contributed by atoms with van der Waals surface area (Å²) in [4.78, 5) is 1.33. The van der Waals surface area contributed by atoms with Crippen LogP contribution in [0.2, 0.25) is 0 Å². The molecule has 2 aromatic heterocycles. The SMILES string of the molecule is Cc1ccsc1C(CCc1cnn(C)c1)NN. The molecule has 1 unspecified atom stereocenters. The Balaban J connectivity index is 1.99. The fourth-order valence-corrected chi connectivity index (χ4v) is 2.97. The second kappa shape index (κ2) is 5.44. The van der Waals surface area contributed by atoms with Crippen LogP contribution in [0.25, 0.3) is 0 Å². The molecular formula is C12H18N4S. The molecule has 2 heterocycles. The highest BCUT2D eigenvalue weighted by atomic mass is 32.1. The Labute approximate surface area is 105 Å². The molecule has 3 N–H and O–H groups in total. The molecule has 0 radical (unpaired) electrons. The average Bonchev–Trinajstić information content (AvgIpc) is 2.90. The molecule has 0 saturated heterocycles. The van der Waals surface area contributed by atoms with E-state index in [0.29, 0.717) is 0 Å². The van der Waals surface area contributed by atoms with Crippen molar-refractivity contribution in [1.29, 1.82) is 0 Å². The monoisotopic (exact) mass is 250 g/mol. The minimum atomic E-state index is 0.232. The maximum atomic E-state index is 5.64. The average molecular weight is 250 g/mol. The van der Waals surface area contributed by atoms with Crippen molar-refractivity contribution in [2.75, 3.05) is 0 Å². The zero-order valence-electron chi connectivity index (χ0n) is 10.2. The van der Waals surface area contributed by atoms with E-state index < -0.39 is 0 Å². The molecule has 2 aromatic rings. The van der Waals surface area contributed by atoms with Crippen molar-refractivity contribution in [3.8, 4) is 0 Å². The lowest BCUT2D eigenvalue weighted by Gasteiger charge is -2.14. The fraction of sp³-hybridized carbons (Fsp3) is 0.417. The zero-order valence-corrected chi connectivity index (χ0v) is 11.0. The summed E-state index contributed by atoms with van der Waals surface area (Å²) in [6.45, 7) is 2.13. The van der Waals surface area contributed by atoms with Gasteiger partial charge in [0, 0.05) is 18.1 Å². The summed E-state index contributed by atoms with van der Waals surface area (Å²) in [7, 11) is 1.94. The van der Waals surface area contributed by atoms with E-state index in [9.17, 15) is 0 Å². The van der Waals surface area contributed by atoms with Gasteiger partial charge in [-0.1, -0.05) is 0 Å². The lowest BCUT2D eigenvalue weighted by atomic mass is 10.1. The molecule has 1 atom stereocenters. The first-order chi connectivity index (χ1) is 8.20. The summed E-state index contributed by atoms with van der Waals surface area (Å²) in [6, 6.07) is 2.37. The third-order valence-corrected chi connectivity index (χ3v) is 4.03. The van der Waals surface area contributed by atoms with Crippen LogP contribution in [0.3, 0.4) is 0 Å². The van der Waals surface area contributed by atoms with Gasteiger partial charge in [-0.2, -0.15) is 5.10 Å². The number of aryl methyl sites for hydroxylation is 3. The predicted molar refractivity (Wildman–Crippen MR) is 70.6 cm³/mol. The summed E-state index contributed by atoms with van der Waals surface area (Å²) >= 11 is 1.76. The van der Waals surface area contributed by atoms with E-state index in [1.807, 2.05) is 17.9 Å². The first-order valence-corrected chi connectivity index (χ1v) is 6.56.